The fourth-order valence-electron chi connectivity index (χ4n) is 3.02. The van der Waals surface area contributed by atoms with Crippen molar-refractivity contribution >= 4 is 0 Å². The summed E-state index contributed by atoms with van der Waals surface area (Å²) in [5.74, 6) is 1.72. The van der Waals surface area contributed by atoms with E-state index in [9.17, 15) is 0 Å². The number of aryl methyl sites for hydroxylation is 1. The van der Waals surface area contributed by atoms with Gasteiger partial charge in [0.05, 0.1) is 12.0 Å². The molecule has 2 rings (SSSR count). The first-order chi connectivity index (χ1) is 7.08. The maximum Gasteiger partial charge on any atom is 0.0954 e. The Morgan fingerprint density at radius 1 is 1.13 bits per heavy atom. The Bertz CT molecular complexity index is 330. The Morgan fingerprint density at radius 3 is 2.20 bits per heavy atom. The molecule has 2 nitrogen and oxygen atoms in total. The van der Waals surface area contributed by atoms with E-state index in [2.05, 4.69) is 37.2 Å². The van der Waals surface area contributed by atoms with E-state index in [1.165, 1.54) is 30.7 Å². The number of hydrogen-bond donors (Lipinski definition) is 0. The first kappa shape index (κ1) is 10.7. The zero-order valence-electron chi connectivity index (χ0n) is 10.3. The fourth-order valence-corrected chi connectivity index (χ4v) is 3.02. The lowest BCUT2D eigenvalue weighted by molar-refractivity contribution is 0.219. The summed E-state index contributed by atoms with van der Waals surface area (Å²) in [6.45, 7) is 9.04. The molecule has 0 amide bonds. The third-order valence-corrected chi connectivity index (χ3v) is 3.83. The lowest BCUT2D eigenvalue weighted by Crippen LogP contribution is -2.22. The molecule has 2 heteroatoms. The molecule has 1 fully saturated rings. The van der Waals surface area contributed by atoms with Crippen LogP contribution in [0.3, 0.4) is 0 Å². The summed E-state index contributed by atoms with van der Waals surface area (Å²) < 4.78 is 2.39. The largest absolute Gasteiger partial charge is 0.332 e. The van der Waals surface area contributed by atoms with Gasteiger partial charge < -0.3 is 4.57 Å². The van der Waals surface area contributed by atoms with E-state index in [-0.39, 0.29) is 0 Å². The van der Waals surface area contributed by atoms with E-state index >= 15 is 0 Å². The van der Waals surface area contributed by atoms with Gasteiger partial charge >= 0.3 is 0 Å². The van der Waals surface area contributed by atoms with Crippen molar-refractivity contribution < 1.29 is 0 Å². The summed E-state index contributed by atoms with van der Waals surface area (Å²) in [5.41, 5.74) is 2.53. The molecule has 0 spiro atoms. The van der Waals surface area contributed by atoms with Gasteiger partial charge in [-0.3, -0.25) is 0 Å². The summed E-state index contributed by atoms with van der Waals surface area (Å²) in [7, 11) is 0. The van der Waals surface area contributed by atoms with Gasteiger partial charge in [0, 0.05) is 11.7 Å². The maximum absolute atomic E-state index is 4.40. The van der Waals surface area contributed by atoms with E-state index in [0.29, 0.717) is 6.04 Å². The first-order valence-electron chi connectivity index (χ1n) is 6.08. The van der Waals surface area contributed by atoms with Crippen LogP contribution >= 0.6 is 0 Å². The summed E-state index contributed by atoms with van der Waals surface area (Å²) in [4.78, 5) is 4.40. The molecule has 0 N–H and O–H groups in total. The molecule has 1 aromatic heterocycles. The van der Waals surface area contributed by atoms with Gasteiger partial charge in [0.1, 0.15) is 0 Å². The standard InChI is InChI=1S/C13H22N2/c1-9-5-10(2)7-13(6-9)15-8-14-11(3)12(15)4/h8-10,13H,5-7H2,1-4H3. The van der Waals surface area contributed by atoms with Crippen LogP contribution in [0.25, 0.3) is 0 Å². The SMILES string of the molecule is Cc1ncn(C2CC(C)CC(C)C2)c1C. The molecule has 0 aliphatic heterocycles. The van der Waals surface area contributed by atoms with Crippen LogP contribution in [0.2, 0.25) is 0 Å². The molecular weight excluding hydrogens is 184 g/mol. The zero-order chi connectivity index (χ0) is 11.0. The van der Waals surface area contributed by atoms with Crippen LogP contribution in [0.1, 0.15) is 50.5 Å². The Hall–Kier alpha value is -0.790. The molecule has 0 saturated heterocycles. The van der Waals surface area contributed by atoms with Crippen LogP contribution in [0, 0.1) is 25.7 Å². The molecule has 2 atom stereocenters. The normalized spacial score (nSPS) is 31.9. The van der Waals surface area contributed by atoms with Crippen LogP contribution in [0.5, 0.6) is 0 Å². The molecule has 1 aromatic rings. The van der Waals surface area contributed by atoms with Gasteiger partial charge in [-0.05, 0) is 44.9 Å². The zero-order valence-corrected chi connectivity index (χ0v) is 10.3. The third kappa shape index (κ3) is 2.09. The van der Waals surface area contributed by atoms with Crippen molar-refractivity contribution in [2.24, 2.45) is 11.8 Å². The van der Waals surface area contributed by atoms with Crippen LogP contribution in [-0.2, 0) is 0 Å². The maximum atomic E-state index is 4.40. The van der Waals surface area contributed by atoms with Crippen molar-refractivity contribution in [3.05, 3.63) is 17.7 Å². The van der Waals surface area contributed by atoms with Gasteiger partial charge in [-0.1, -0.05) is 13.8 Å². The summed E-state index contributed by atoms with van der Waals surface area (Å²) >= 11 is 0. The van der Waals surface area contributed by atoms with Gasteiger partial charge in [-0.25, -0.2) is 4.98 Å². The van der Waals surface area contributed by atoms with E-state index in [1.54, 1.807) is 0 Å². The van der Waals surface area contributed by atoms with E-state index in [0.717, 1.165) is 11.8 Å². The second-order valence-electron chi connectivity index (χ2n) is 5.39. The smallest absolute Gasteiger partial charge is 0.0954 e. The highest BCUT2D eigenvalue weighted by molar-refractivity contribution is 5.10. The Morgan fingerprint density at radius 2 is 1.73 bits per heavy atom. The van der Waals surface area contributed by atoms with E-state index in [1.807, 2.05) is 6.33 Å². The Balaban J connectivity index is 2.20. The number of hydrogen-bond acceptors (Lipinski definition) is 1. The minimum absolute atomic E-state index is 0.685. The molecule has 84 valence electrons. The summed E-state index contributed by atoms with van der Waals surface area (Å²) in [5, 5.41) is 0. The monoisotopic (exact) mass is 206 g/mol. The average molecular weight is 206 g/mol. The number of nitrogens with zero attached hydrogens (tertiary/aromatic N) is 2. The molecule has 1 aliphatic carbocycles. The lowest BCUT2D eigenvalue weighted by Gasteiger charge is -2.32. The minimum atomic E-state index is 0.685. The minimum Gasteiger partial charge on any atom is -0.332 e. The van der Waals surface area contributed by atoms with Crippen molar-refractivity contribution in [2.75, 3.05) is 0 Å². The predicted octanol–water partition coefficient (Wildman–Crippen LogP) is 3.50. The molecule has 0 radical (unpaired) electrons. The number of rotatable bonds is 1. The third-order valence-electron chi connectivity index (χ3n) is 3.83. The van der Waals surface area contributed by atoms with Crippen LogP contribution < -0.4 is 0 Å². The molecule has 1 aliphatic rings. The van der Waals surface area contributed by atoms with Gasteiger partial charge in [-0.15, -0.1) is 0 Å². The van der Waals surface area contributed by atoms with Crippen LogP contribution in [0.4, 0.5) is 0 Å². The van der Waals surface area contributed by atoms with E-state index in [4.69, 9.17) is 0 Å². The van der Waals surface area contributed by atoms with Crippen molar-refractivity contribution in [3.8, 4) is 0 Å². The molecular formula is C13H22N2. The quantitative estimate of drug-likeness (QED) is 0.687. The lowest BCUT2D eigenvalue weighted by atomic mass is 9.80. The molecule has 1 saturated carbocycles. The Labute approximate surface area is 92.7 Å². The highest BCUT2D eigenvalue weighted by Gasteiger charge is 2.25. The Kier molecular flexibility index (Phi) is 2.85. The van der Waals surface area contributed by atoms with Crippen LogP contribution in [-0.4, -0.2) is 9.55 Å². The average Bonchev–Trinajstić information content (AvgIpc) is 2.46. The topological polar surface area (TPSA) is 17.8 Å². The first-order valence-corrected chi connectivity index (χ1v) is 6.08. The van der Waals surface area contributed by atoms with E-state index < -0.39 is 0 Å². The molecule has 2 unspecified atom stereocenters. The molecule has 1 heterocycles. The van der Waals surface area contributed by atoms with Crippen molar-refractivity contribution in [2.45, 2.75) is 53.0 Å². The van der Waals surface area contributed by atoms with Gasteiger partial charge in [-0.2, -0.15) is 0 Å². The second-order valence-corrected chi connectivity index (χ2v) is 5.39. The molecule has 0 bridgehead atoms. The van der Waals surface area contributed by atoms with Gasteiger partial charge in [0.25, 0.3) is 0 Å². The predicted molar refractivity (Wildman–Crippen MR) is 62.9 cm³/mol. The fraction of sp³-hybridized carbons (Fsp3) is 0.769. The second kappa shape index (κ2) is 3.99. The van der Waals surface area contributed by atoms with Gasteiger partial charge in [0.15, 0.2) is 0 Å². The van der Waals surface area contributed by atoms with Crippen LogP contribution in [0.15, 0.2) is 6.33 Å². The summed E-state index contributed by atoms with van der Waals surface area (Å²) in [6, 6.07) is 0.685. The number of imidazole rings is 1. The van der Waals surface area contributed by atoms with Crippen molar-refractivity contribution in [1.82, 2.24) is 9.55 Å². The molecule has 0 aromatic carbocycles. The molecule has 15 heavy (non-hydrogen) atoms. The number of aromatic nitrogens is 2. The van der Waals surface area contributed by atoms with Gasteiger partial charge in [0.2, 0.25) is 0 Å². The highest BCUT2D eigenvalue weighted by Crippen LogP contribution is 2.36. The van der Waals surface area contributed by atoms with Crippen molar-refractivity contribution in [3.63, 3.8) is 0 Å². The van der Waals surface area contributed by atoms with Crippen molar-refractivity contribution in [1.29, 1.82) is 0 Å². The summed E-state index contributed by atoms with van der Waals surface area (Å²) in [6.07, 6.45) is 6.06. The highest BCUT2D eigenvalue weighted by atomic mass is 15.1.